The number of nitrogens with one attached hydrogen (secondary N) is 1. The van der Waals surface area contributed by atoms with E-state index in [1.807, 2.05) is 34.6 Å². The number of ether oxygens (including phenoxy) is 1. The van der Waals surface area contributed by atoms with Crippen LogP contribution in [0.25, 0.3) is 0 Å². The first-order valence-corrected chi connectivity index (χ1v) is 7.76. The van der Waals surface area contributed by atoms with Gasteiger partial charge in [-0.3, -0.25) is 9.59 Å². The highest BCUT2D eigenvalue weighted by molar-refractivity contribution is 5.99. The van der Waals surface area contributed by atoms with Crippen LogP contribution in [0.15, 0.2) is 0 Å². The fraction of sp³-hybridized carbons (Fsp3) is 0.875. The minimum absolute atomic E-state index is 0.00945. The predicted octanol–water partition coefficient (Wildman–Crippen LogP) is 1.95. The molecule has 1 N–H and O–H groups in total. The molecule has 21 heavy (non-hydrogen) atoms. The van der Waals surface area contributed by atoms with Crippen LogP contribution < -0.4 is 5.32 Å². The lowest BCUT2D eigenvalue weighted by Gasteiger charge is -2.46. The molecular weight excluding hydrogens is 268 g/mol. The lowest BCUT2D eigenvalue weighted by molar-refractivity contribution is -0.157. The lowest BCUT2D eigenvalue weighted by Crippen LogP contribution is -2.70. The third-order valence-electron chi connectivity index (χ3n) is 4.58. The summed E-state index contributed by atoms with van der Waals surface area (Å²) in [6.45, 7) is 12.2. The van der Waals surface area contributed by atoms with E-state index >= 15 is 0 Å². The van der Waals surface area contributed by atoms with E-state index < -0.39 is 11.6 Å². The molecule has 0 radical (unpaired) electrons. The van der Waals surface area contributed by atoms with E-state index in [4.69, 9.17) is 4.74 Å². The maximum Gasteiger partial charge on any atom is 0.248 e. The van der Waals surface area contributed by atoms with Crippen molar-refractivity contribution >= 4 is 11.8 Å². The number of carbonyl (C=O) groups excluding carboxylic acids is 2. The van der Waals surface area contributed by atoms with Crippen molar-refractivity contribution in [2.75, 3.05) is 13.7 Å². The van der Waals surface area contributed by atoms with Crippen molar-refractivity contribution in [1.29, 1.82) is 0 Å². The fourth-order valence-electron chi connectivity index (χ4n) is 2.62. The lowest BCUT2D eigenvalue weighted by atomic mass is 9.88. The standard InChI is InChI=1S/C16H30N2O3/c1-8-16(6)14(20)18(10-9-15(4,5)21-7)12(11(2)3)13(19)17-16/h11-12H,8-10H2,1-7H3,(H,17,19). The van der Waals surface area contributed by atoms with Crippen LogP contribution in [0.2, 0.25) is 0 Å². The van der Waals surface area contributed by atoms with Crippen LogP contribution in [-0.4, -0.2) is 47.6 Å². The second kappa shape index (κ2) is 6.34. The second-order valence-electron chi connectivity index (χ2n) is 7.08. The summed E-state index contributed by atoms with van der Waals surface area (Å²) in [5, 5.41) is 2.90. The van der Waals surface area contributed by atoms with Gasteiger partial charge in [0.05, 0.1) is 5.60 Å². The second-order valence-corrected chi connectivity index (χ2v) is 7.08. The van der Waals surface area contributed by atoms with E-state index in [1.165, 1.54) is 0 Å². The van der Waals surface area contributed by atoms with Crippen LogP contribution in [-0.2, 0) is 14.3 Å². The molecule has 5 heteroatoms. The Labute approximate surface area is 128 Å². The topological polar surface area (TPSA) is 58.6 Å². The summed E-state index contributed by atoms with van der Waals surface area (Å²) in [4.78, 5) is 27.0. The molecule has 2 unspecified atom stereocenters. The molecule has 0 bridgehead atoms. The molecule has 5 nitrogen and oxygen atoms in total. The van der Waals surface area contributed by atoms with Crippen molar-refractivity contribution in [3.05, 3.63) is 0 Å². The third-order valence-corrected chi connectivity index (χ3v) is 4.58. The SMILES string of the molecule is CCC1(C)NC(=O)C(C(C)C)N(CCC(C)(C)OC)C1=O. The van der Waals surface area contributed by atoms with Gasteiger partial charge in [-0.1, -0.05) is 20.8 Å². The number of carbonyl (C=O) groups is 2. The highest BCUT2D eigenvalue weighted by atomic mass is 16.5. The quantitative estimate of drug-likeness (QED) is 0.815. The van der Waals surface area contributed by atoms with E-state index in [2.05, 4.69) is 5.32 Å². The molecule has 0 aliphatic carbocycles. The molecule has 0 aromatic heterocycles. The zero-order valence-corrected chi connectivity index (χ0v) is 14.4. The van der Waals surface area contributed by atoms with Gasteiger partial charge in [0.15, 0.2) is 0 Å². The summed E-state index contributed by atoms with van der Waals surface area (Å²) in [7, 11) is 1.67. The molecule has 1 saturated heterocycles. The Morgan fingerprint density at radius 1 is 1.38 bits per heavy atom. The smallest absolute Gasteiger partial charge is 0.248 e. The minimum atomic E-state index is -0.792. The molecular formula is C16H30N2O3. The van der Waals surface area contributed by atoms with Crippen LogP contribution in [0.3, 0.4) is 0 Å². The number of hydrogen-bond donors (Lipinski definition) is 1. The number of piperazine rings is 1. The first-order chi connectivity index (χ1) is 9.58. The normalized spacial score (nSPS) is 27.2. The average Bonchev–Trinajstić information content (AvgIpc) is 2.40. The van der Waals surface area contributed by atoms with Crippen LogP contribution in [0.1, 0.15) is 54.4 Å². The maximum absolute atomic E-state index is 12.8. The molecule has 1 aliphatic heterocycles. The zero-order valence-electron chi connectivity index (χ0n) is 14.4. The van der Waals surface area contributed by atoms with E-state index in [1.54, 1.807) is 18.9 Å². The molecule has 0 spiro atoms. The van der Waals surface area contributed by atoms with E-state index in [9.17, 15) is 9.59 Å². The maximum atomic E-state index is 12.8. The minimum Gasteiger partial charge on any atom is -0.379 e. The average molecular weight is 298 g/mol. The van der Waals surface area contributed by atoms with Gasteiger partial charge < -0.3 is 15.0 Å². The summed E-state index contributed by atoms with van der Waals surface area (Å²) >= 11 is 0. The Bertz CT molecular complexity index is 406. The van der Waals surface area contributed by atoms with Crippen molar-refractivity contribution in [2.24, 2.45) is 5.92 Å². The van der Waals surface area contributed by atoms with Crippen LogP contribution in [0.4, 0.5) is 0 Å². The first kappa shape index (κ1) is 18.0. The van der Waals surface area contributed by atoms with Gasteiger partial charge in [0, 0.05) is 13.7 Å². The van der Waals surface area contributed by atoms with Crippen LogP contribution in [0, 0.1) is 5.92 Å². The van der Waals surface area contributed by atoms with Gasteiger partial charge in [-0.15, -0.1) is 0 Å². The van der Waals surface area contributed by atoms with Crippen molar-refractivity contribution in [3.8, 4) is 0 Å². The van der Waals surface area contributed by atoms with Crippen molar-refractivity contribution < 1.29 is 14.3 Å². The summed E-state index contributed by atoms with van der Waals surface area (Å²) in [6, 6.07) is -0.398. The molecule has 0 saturated carbocycles. The zero-order chi connectivity index (χ0) is 16.4. The Hall–Kier alpha value is -1.10. The molecule has 1 heterocycles. The van der Waals surface area contributed by atoms with Gasteiger partial charge in [-0.2, -0.15) is 0 Å². The van der Waals surface area contributed by atoms with E-state index in [0.29, 0.717) is 19.4 Å². The number of nitrogens with zero attached hydrogens (tertiary/aromatic N) is 1. The van der Waals surface area contributed by atoms with Crippen molar-refractivity contribution in [3.63, 3.8) is 0 Å². The molecule has 2 atom stereocenters. The van der Waals surface area contributed by atoms with Crippen molar-refractivity contribution in [1.82, 2.24) is 10.2 Å². The van der Waals surface area contributed by atoms with Gasteiger partial charge in [0.25, 0.3) is 0 Å². The first-order valence-electron chi connectivity index (χ1n) is 7.76. The molecule has 1 fully saturated rings. The highest BCUT2D eigenvalue weighted by Gasteiger charge is 2.47. The van der Waals surface area contributed by atoms with Gasteiger partial charge in [0.2, 0.25) is 11.8 Å². The summed E-state index contributed by atoms with van der Waals surface area (Å²) in [5.74, 6) is 0.0420. The Balaban J connectivity index is 3.01. The largest absolute Gasteiger partial charge is 0.379 e. The Kier molecular flexibility index (Phi) is 5.42. The number of methoxy groups -OCH3 is 1. The highest BCUT2D eigenvalue weighted by Crippen LogP contribution is 2.26. The molecule has 2 amide bonds. The molecule has 1 rings (SSSR count). The van der Waals surface area contributed by atoms with Gasteiger partial charge in [0.1, 0.15) is 11.6 Å². The van der Waals surface area contributed by atoms with Crippen LogP contribution in [0.5, 0.6) is 0 Å². The predicted molar refractivity (Wildman–Crippen MR) is 82.9 cm³/mol. The monoisotopic (exact) mass is 298 g/mol. The van der Waals surface area contributed by atoms with Gasteiger partial charge in [-0.25, -0.2) is 0 Å². The summed E-state index contributed by atoms with van der Waals surface area (Å²) in [5.41, 5.74) is -1.10. The number of hydrogen-bond acceptors (Lipinski definition) is 3. The molecule has 122 valence electrons. The Morgan fingerprint density at radius 3 is 2.38 bits per heavy atom. The van der Waals surface area contributed by atoms with Crippen molar-refractivity contribution in [2.45, 2.75) is 71.6 Å². The Morgan fingerprint density at radius 2 is 1.95 bits per heavy atom. The van der Waals surface area contributed by atoms with Gasteiger partial charge in [-0.05, 0) is 39.5 Å². The summed E-state index contributed by atoms with van der Waals surface area (Å²) in [6.07, 6.45) is 1.29. The summed E-state index contributed by atoms with van der Waals surface area (Å²) < 4.78 is 5.43. The molecule has 1 aliphatic rings. The van der Waals surface area contributed by atoms with E-state index in [0.717, 1.165) is 0 Å². The number of amides is 2. The molecule has 0 aromatic carbocycles. The van der Waals surface area contributed by atoms with Gasteiger partial charge >= 0.3 is 0 Å². The number of rotatable bonds is 6. The fourth-order valence-corrected chi connectivity index (χ4v) is 2.62. The third kappa shape index (κ3) is 3.76. The van der Waals surface area contributed by atoms with E-state index in [-0.39, 0.29) is 23.3 Å². The molecule has 0 aromatic rings. The van der Waals surface area contributed by atoms with Crippen LogP contribution >= 0.6 is 0 Å².